The molecule has 0 radical (unpaired) electrons. The zero-order valence-corrected chi connectivity index (χ0v) is 32.6. The third-order valence-corrected chi connectivity index (χ3v) is 11.0. The Bertz CT molecular complexity index is 2230. The molecule has 0 aliphatic carbocycles. The summed E-state index contributed by atoms with van der Waals surface area (Å²) in [4.78, 5) is 82.2. The van der Waals surface area contributed by atoms with Crippen LogP contribution in [0.2, 0.25) is 0 Å². The predicted molar refractivity (Wildman–Crippen MR) is 221 cm³/mol. The van der Waals surface area contributed by atoms with Gasteiger partial charge in [-0.2, -0.15) is 0 Å². The number of aliphatic carboxylic acids is 1. The first-order chi connectivity index (χ1) is 28.4. The molecule has 304 valence electrons. The molecule has 2 aliphatic heterocycles. The summed E-state index contributed by atoms with van der Waals surface area (Å²) >= 11 is 1.30. The molecule has 0 saturated heterocycles. The molecule has 14 heteroatoms. The van der Waals surface area contributed by atoms with E-state index in [0.29, 0.717) is 21.6 Å². The maximum Gasteiger partial charge on any atom is 0.307 e. The number of benzene rings is 4. The fourth-order valence-electron chi connectivity index (χ4n) is 6.79. The number of carbonyl (C=O) groups excluding carboxylic acids is 5. The van der Waals surface area contributed by atoms with Crippen molar-refractivity contribution in [3.63, 3.8) is 0 Å². The molecule has 2 aliphatic rings. The second-order valence-electron chi connectivity index (χ2n) is 14.4. The number of carboxylic acid groups (broad SMARTS) is 1. The molecule has 1 aromatic heterocycles. The van der Waals surface area contributed by atoms with Crippen molar-refractivity contribution < 1.29 is 44.1 Å². The number of Topliss-reactive ketones (excluding diaryl/α,β-unsaturated/α-hetero) is 1. The molecular weight excluding hydrogens is 773 g/mol. The Morgan fingerprint density at radius 3 is 1.73 bits per heavy atom. The summed E-state index contributed by atoms with van der Waals surface area (Å²) in [5.74, 6) is -6.82. The number of anilines is 1. The number of carbonyl (C=O) groups is 6. The van der Waals surface area contributed by atoms with Crippen LogP contribution in [0.5, 0.6) is 0 Å². The number of thiophene rings is 1. The first kappa shape index (κ1) is 42.1. The summed E-state index contributed by atoms with van der Waals surface area (Å²) in [6, 6.07) is 31.5. The molecule has 0 unspecified atom stereocenters. The minimum absolute atomic E-state index is 0.0376. The van der Waals surface area contributed by atoms with Crippen molar-refractivity contribution in [3.05, 3.63) is 148 Å². The van der Waals surface area contributed by atoms with Crippen molar-refractivity contribution in [1.82, 2.24) is 16.0 Å². The maximum absolute atomic E-state index is 14.4. The zero-order chi connectivity index (χ0) is 41.9. The minimum atomic E-state index is -2.29. The maximum atomic E-state index is 14.4. The number of carboxylic acids is 1. The molecule has 7 rings (SSSR count). The van der Waals surface area contributed by atoms with Gasteiger partial charge in [-0.15, -0.1) is 11.3 Å². The van der Waals surface area contributed by atoms with Crippen molar-refractivity contribution in [2.45, 2.75) is 62.4 Å². The first-order valence-corrected chi connectivity index (χ1v) is 19.9. The van der Waals surface area contributed by atoms with Crippen molar-refractivity contribution in [1.29, 1.82) is 0 Å². The minimum Gasteiger partial charge on any atom is -0.481 e. The molecule has 0 fully saturated rings. The predicted octanol–water partition coefficient (Wildman–Crippen LogP) is 3.47. The summed E-state index contributed by atoms with van der Waals surface area (Å²) in [5, 5.41) is 43.9. The Kier molecular flexibility index (Phi) is 14.1. The highest BCUT2D eigenvalue weighted by Gasteiger charge is 2.36. The molecule has 0 spiro atoms. The molecular formula is C45H44N4O9S. The average Bonchev–Trinajstić information content (AvgIpc) is 3.76. The van der Waals surface area contributed by atoms with Crippen molar-refractivity contribution in [3.8, 4) is 11.1 Å². The highest BCUT2D eigenvalue weighted by atomic mass is 32.1. The van der Waals surface area contributed by atoms with E-state index in [9.17, 15) is 44.1 Å². The Labute approximate surface area is 344 Å². The van der Waals surface area contributed by atoms with Crippen LogP contribution >= 0.6 is 11.3 Å². The van der Waals surface area contributed by atoms with E-state index in [2.05, 4.69) is 21.3 Å². The van der Waals surface area contributed by atoms with Crippen LogP contribution in [0.25, 0.3) is 11.1 Å². The standard InChI is InChI=1S/C45H44N4O9S/c50-38-25-32(45(57)58)22-28-15-19-33(20-16-28)46-43(55)39(51)40(52)44(56)49-37(26-34-12-7-21-59-34)42(54)48-36(41(53)47-35(38)23-27-8-3-1-4-9-27)24-29-13-17-31(18-14-29)30-10-5-2-6-11-30/h1-21,32,35-37,39-40,51-52H,22-26H2,(H,46,55)(H,47,53)(H,48,54)(H,49,56)(H,57,58)/t32-,35+,36-,37-,39-,40-/m1/s1. The van der Waals surface area contributed by atoms with Gasteiger partial charge in [0, 0.05) is 29.8 Å². The Balaban J connectivity index is 1.37. The smallest absolute Gasteiger partial charge is 0.307 e. The number of aliphatic hydroxyl groups excluding tert-OH is 2. The quantitative estimate of drug-likeness (QED) is 0.114. The van der Waals surface area contributed by atoms with Gasteiger partial charge in [-0.25, -0.2) is 0 Å². The summed E-state index contributed by atoms with van der Waals surface area (Å²) < 4.78 is 0. The van der Waals surface area contributed by atoms with Gasteiger partial charge in [0.05, 0.1) is 12.0 Å². The summed E-state index contributed by atoms with van der Waals surface area (Å²) in [5.41, 5.74) is 3.95. The van der Waals surface area contributed by atoms with Crippen LogP contribution in [0.3, 0.4) is 0 Å². The Hall–Kier alpha value is -6.48. The fraction of sp³-hybridized carbons (Fsp3) is 0.244. The van der Waals surface area contributed by atoms with E-state index in [4.69, 9.17) is 0 Å². The number of fused-ring (bicyclic) bond motifs is 18. The van der Waals surface area contributed by atoms with Crippen molar-refractivity contribution >= 4 is 52.4 Å². The third-order valence-electron chi connectivity index (χ3n) is 10.1. The van der Waals surface area contributed by atoms with Gasteiger partial charge in [-0.05, 0) is 64.2 Å². The van der Waals surface area contributed by atoms with Crippen LogP contribution in [-0.2, 0) is 54.5 Å². The summed E-state index contributed by atoms with van der Waals surface area (Å²) in [7, 11) is 0. The molecule has 5 aromatic rings. The van der Waals surface area contributed by atoms with Crippen molar-refractivity contribution in [2.24, 2.45) is 5.92 Å². The lowest BCUT2D eigenvalue weighted by atomic mass is 9.90. The summed E-state index contributed by atoms with van der Waals surface area (Å²) in [6.07, 6.45) is -5.10. The third kappa shape index (κ3) is 11.6. The van der Waals surface area contributed by atoms with E-state index in [1.54, 1.807) is 60.0 Å². The van der Waals surface area contributed by atoms with E-state index in [-0.39, 0.29) is 31.4 Å². The van der Waals surface area contributed by atoms with Crippen LogP contribution in [0.15, 0.2) is 127 Å². The number of hydrogen-bond donors (Lipinski definition) is 7. The number of nitrogens with one attached hydrogen (secondary N) is 4. The first-order valence-electron chi connectivity index (χ1n) is 19.1. The van der Waals surface area contributed by atoms with Gasteiger partial charge < -0.3 is 36.6 Å². The molecule has 4 aromatic carbocycles. The van der Waals surface area contributed by atoms with Gasteiger partial charge >= 0.3 is 5.97 Å². The second-order valence-corrected chi connectivity index (χ2v) is 15.4. The number of aliphatic hydroxyl groups is 2. The number of ketones is 1. The molecule has 2 bridgehead atoms. The van der Waals surface area contributed by atoms with Crippen molar-refractivity contribution in [2.75, 3.05) is 5.32 Å². The van der Waals surface area contributed by atoms with E-state index >= 15 is 0 Å². The summed E-state index contributed by atoms with van der Waals surface area (Å²) in [6.45, 7) is 0. The highest BCUT2D eigenvalue weighted by Crippen LogP contribution is 2.22. The van der Waals surface area contributed by atoms with E-state index in [0.717, 1.165) is 11.1 Å². The van der Waals surface area contributed by atoms with Gasteiger partial charge in [0.1, 0.15) is 12.1 Å². The lowest BCUT2D eigenvalue weighted by Gasteiger charge is -2.26. The molecule has 59 heavy (non-hydrogen) atoms. The van der Waals surface area contributed by atoms with Gasteiger partial charge in [0.15, 0.2) is 18.0 Å². The van der Waals surface area contributed by atoms with Gasteiger partial charge in [0.2, 0.25) is 11.8 Å². The Morgan fingerprint density at radius 2 is 1.10 bits per heavy atom. The molecule has 3 heterocycles. The molecule has 4 amide bonds. The fourth-order valence-corrected chi connectivity index (χ4v) is 7.54. The van der Waals surface area contributed by atoms with Gasteiger partial charge in [-0.1, -0.05) is 103 Å². The number of rotatable bonds is 8. The van der Waals surface area contributed by atoms with E-state index in [1.807, 2.05) is 54.6 Å². The normalized spacial score (nSPS) is 22.3. The number of amides is 4. The SMILES string of the molecule is O=C(O)[C@H]1CC(=O)[C@H](Cc2ccccc2)NC(=O)[C@@H](Cc2ccc(-c3ccccc3)cc2)NC(=O)[C@@H](Cc2cccs2)NC(=O)[C@H](O)[C@@H](O)C(=O)Nc2ccc(cc2)C1. The molecule has 13 nitrogen and oxygen atoms in total. The van der Waals surface area contributed by atoms with Crippen LogP contribution < -0.4 is 21.3 Å². The second kappa shape index (κ2) is 19.8. The Morgan fingerprint density at radius 1 is 0.559 bits per heavy atom. The highest BCUT2D eigenvalue weighted by molar-refractivity contribution is 7.09. The van der Waals surface area contributed by atoms with Gasteiger partial charge in [-0.3, -0.25) is 28.8 Å². The molecule has 6 atom stereocenters. The van der Waals surface area contributed by atoms with Crippen LogP contribution in [0.1, 0.15) is 28.0 Å². The lowest BCUT2D eigenvalue weighted by molar-refractivity contribution is -0.145. The average molecular weight is 817 g/mol. The van der Waals surface area contributed by atoms with Gasteiger partial charge in [0.25, 0.3) is 11.8 Å². The van der Waals surface area contributed by atoms with E-state index in [1.165, 1.54) is 23.5 Å². The zero-order valence-electron chi connectivity index (χ0n) is 31.8. The number of hydrogen-bond acceptors (Lipinski definition) is 9. The lowest BCUT2D eigenvalue weighted by Crippen LogP contribution is -2.58. The monoisotopic (exact) mass is 816 g/mol. The van der Waals surface area contributed by atoms with Crippen LogP contribution in [0, 0.1) is 5.92 Å². The topological polar surface area (TPSA) is 211 Å². The largest absolute Gasteiger partial charge is 0.481 e. The molecule has 7 N–H and O–H groups in total. The van der Waals surface area contributed by atoms with Crippen LogP contribution in [0.4, 0.5) is 5.69 Å². The molecule has 0 saturated carbocycles. The van der Waals surface area contributed by atoms with Crippen LogP contribution in [-0.4, -0.2) is 81.0 Å². The van der Waals surface area contributed by atoms with E-state index < -0.39 is 78.1 Å².